The molecule has 1 saturated heterocycles. The van der Waals surface area contributed by atoms with Crippen LogP contribution in [0.4, 0.5) is 5.69 Å². The number of anilines is 1. The van der Waals surface area contributed by atoms with Gasteiger partial charge in [0.2, 0.25) is 0 Å². The number of nitrogens with two attached hydrogens (primary N) is 1. The van der Waals surface area contributed by atoms with Crippen LogP contribution in [0.1, 0.15) is 12.0 Å². The number of benzene rings is 2. The highest BCUT2D eigenvalue weighted by Gasteiger charge is 2.27. The van der Waals surface area contributed by atoms with Crippen LogP contribution in [-0.2, 0) is 6.42 Å². The lowest BCUT2D eigenvalue weighted by molar-refractivity contribution is 0.365. The number of hydrogen-bond donors (Lipinski definition) is 1. The fraction of sp³-hybridized carbons (Fsp3) is 0.400. The van der Waals surface area contributed by atoms with Crippen molar-refractivity contribution in [3.63, 3.8) is 0 Å². The first-order chi connectivity index (χ1) is 11.7. The van der Waals surface area contributed by atoms with Crippen molar-refractivity contribution in [2.45, 2.75) is 18.9 Å². The SMILES string of the molecule is COc1ccc(OC)c(N2CC(N)CC(Cc3ccccc3)C2)c1. The Balaban J connectivity index is 1.80. The summed E-state index contributed by atoms with van der Waals surface area (Å²) >= 11 is 0. The summed E-state index contributed by atoms with van der Waals surface area (Å²) in [5.41, 5.74) is 8.78. The van der Waals surface area contributed by atoms with E-state index in [1.54, 1.807) is 14.2 Å². The normalized spacial score (nSPS) is 20.7. The van der Waals surface area contributed by atoms with Gasteiger partial charge < -0.3 is 20.1 Å². The molecule has 0 bridgehead atoms. The molecule has 2 aromatic rings. The van der Waals surface area contributed by atoms with Gasteiger partial charge in [-0.2, -0.15) is 0 Å². The van der Waals surface area contributed by atoms with Gasteiger partial charge in [0, 0.05) is 25.2 Å². The Kier molecular flexibility index (Phi) is 5.26. The molecule has 2 atom stereocenters. The molecule has 4 heteroatoms. The van der Waals surface area contributed by atoms with E-state index in [-0.39, 0.29) is 6.04 Å². The van der Waals surface area contributed by atoms with E-state index in [9.17, 15) is 0 Å². The highest BCUT2D eigenvalue weighted by Crippen LogP contribution is 2.35. The minimum Gasteiger partial charge on any atom is -0.497 e. The molecule has 1 fully saturated rings. The van der Waals surface area contributed by atoms with E-state index in [2.05, 4.69) is 35.2 Å². The van der Waals surface area contributed by atoms with E-state index in [1.807, 2.05) is 18.2 Å². The van der Waals surface area contributed by atoms with E-state index >= 15 is 0 Å². The molecule has 4 nitrogen and oxygen atoms in total. The Labute approximate surface area is 144 Å². The Morgan fingerprint density at radius 1 is 1.04 bits per heavy atom. The third-order valence-corrected chi connectivity index (χ3v) is 4.66. The van der Waals surface area contributed by atoms with Crippen molar-refractivity contribution in [3.8, 4) is 11.5 Å². The van der Waals surface area contributed by atoms with Crippen molar-refractivity contribution in [2.75, 3.05) is 32.2 Å². The van der Waals surface area contributed by atoms with E-state index in [0.29, 0.717) is 5.92 Å². The number of nitrogens with zero attached hydrogens (tertiary/aromatic N) is 1. The quantitative estimate of drug-likeness (QED) is 0.917. The lowest BCUT2D eigenvalue weighted by Gasteiger charge is -2.38. The highest BCUT2D eigenvalue weighted by atomic mass is 16.5. The van der Waals surface area contributed by atoms with Crippen LogP contribution in [0.3, 0.4) is 0 Å². The monoisotopic (exact) mass is 326 g/mol. The number of piperidine rings is 1. The molecule has 1 heterocycles. The van der Waals surface area contributed by atoms with E-state index in [0.717, 1.165) is 43.1 Å². The summed E-state index contributed by atoms with van der Waals surface area (Å²) in [6.45, 7) is 1.82. The molecule has 1 aliphatic heterocycles. The zero-order chi connectivity index (χ0) is 16.9. The van der Waals surface area contributed by atoms with Gasteiger partial charge in [-0.3, -0.25) is 0 Å². The topological polar surface area (TPSA) is 47.7 Å². The largest absolute Gasteiger partial charge is 0.497 e. The summed E-state index contributed by atoms with van der Waals surface area (Å²) in [5.74, 6) is 2.24. The second-order valence-corrected chi connectivity index (χ2v) is 6.49. The molecule has 0 saturated carbocycles. The summed E-state index contributed by atoms with van der Waals surface area (Å²) in [6, 6.07) is 16.7. The first kappa shape index (κ1) is 16.7. The van der Waals surface area contributed by atoms with Crippen LogP contribution in [0.15, 0.2) is 48.5 Å². The Morgan fingerprint density at radius 2 is 1.83 bits per heavy atom. The molecular weight excluding hydrogens is 300 g/mol. The smallest absolute Gasteiger partial charge is 0.142 e. The number of methoxy groups -OCH3 is 2. The van der Waals surface area contributed by atoms with Gasteiger partial charge in [-0.1, -0.05) is 30.3 Å². The lowest BCUT2D eigenvalue weighted by Crippen LogP contribution is -2.47. The van der Waals surface area contributed by atoms with Gasteiger partial charge in [-0.25, -0.2) is 0 Å². The molecule has 1 aliphatic rings. The average Bonchev–Trinajstić information content (AvgIpc) is 2.61. The molecule has 0 spiro atoms. The number of hydrogen-bond acceptors (Lipinski definition) is 4. The summed E-state index contributed by atoms with van der Waals surface area (Å²) in [7, 11) is 3.39. The first-order valence-electron chi connectivity index (χ1n) is 8.46. The van der Waals surface area contributed by atoms with E-state index in [1.165, 1.54) is 5.56 Å². The maximum absolute atomic E-state index is 6.35. The van der Waals surface area contributed by atoms with E-state index in [4.69, 9.17) is 15.2 Å². The molecule has 2 aromatic carbocycles. The van der Waals surface area contributed by atoms with Crippen molar-refractivity contribution >= 4 is 5.69 Å². The van der Waals surface area contributed by atoms with Gasteiger partial charge >= 0.3 is 0 Å². The highest BCUT2D eigenvalue weighted by molar-refractivity contribution is 5.62. The molecule has 0 aliphatic carbocycles. The zero-order valence-corrected chi connectivity index (χ0v) is 14.4. The predicted molar refractivity (Wildman–Crippen MR) is 98.0 cm³/mol. The van der Waals surface area contributed by atoms with Gasteiger partial charge in [0.1, 0.15) is 11.5 Å². The van der Waals surface area contributed by atoms with Crippen molar-refractivity contribution in [1.82, 2.24) is 0 Å². The predicted octanol–water partition coefficient (Wildman–Crippen LogP) is 3.10. The van der Waals surface area contributed by atoms with Gasteiger partial charge in [0.05, 0.1) is 19.9 Å². The third-order valence-electron chi connectivity index (χ3n) is 4.66. The van der Waals surface area contributed by atoms with Crippen molar-refractivity contribution in [1.29, 1.82) is 0 Å². The van der Waals surface area contributed by atoms with Crippen molar-refractivity contribution in [3.05, 3.63) is 54.1 Å². The second-order valence-electron chi connectivity index (χ2n) is 6.49. The minimum absolute atomic E-state index is 0.170. The minimum atomic E-state index is 0.170. The summed E-state index contributed by atoms with van der Waals surface area (Å²) in [6.07, 6.45) is 2.11. The number of ether oxygens (including phenoxy) is 2. The molecule has 2 unspecified atom stereocenters. The van der Waals surface area contributed by atoms with Crippen LogP contribution >= 0.6 is 0 Å². The maximum Gasteiger partial charge on any atom is 0.142 e. The molecule has 0 aromatic heterocycles. The Hall–Kier alpha value is -2.20. The standard InChI is InChI=1S/C20H26N2O2/c1-23-18-8-9-20(24-2)19(12-18)22-13-16(11-17(21)14-22)10-15-6-4-3-5-7-15/h3-9,12,16-17H,10-11,13-14,21H2,1-2H3. The molecular formula is C20H26N2O2. The summed E-state index contributed by atoms with van der Waals surface area (Å²) in [4.78, 5) is 2.34. The maximum atomic E-state index is 6.35. The van der Waals surface area contributed by atoms with Crippen molar-refractivity contribution < 1.29 is 9.47 Å². The van der Waals surface area contributed by atoms with Crippen LogP contribution in [-0.4, -0.2) is 33.4 Å². The Morgan fingerprint density at radius 3 is 2.54 bits per heavy atom. The molecule has 3 rings (SSSR count). The molecule has 2 N–H and O–H groups in total. The van der Waals surface area contributed by atoms with Gasteiger partial charge in [0.15, 0.2) is 0 Å². The zero-order valence-electron chi connectivity index (χ0n) is 14.4. The van der Waals surface area contributed by atoms with Crippen LogP contribution in [0, 0.1) is 5.92 Å². The summed E-state index contributed by atoms with van der Waals surface area (Å²) < 4.78 is 10.9. The van der Waals surface area contributed by atoms with Crippen LogP contribution in [0.25, 0.3) is 0 Å². The fourth-order valence-electron chi connectivity index (χ4n) is 3.58. The summed E-state index contributed by atoms with van der Waals surface area (Å²) in [5, 5.41) is 0. The molecule has 24 heavy (non-hydrogen) atoms. The van der Waals surface area contributed by atoms with E-state index < -0.39 is 0 Å². The first-order valence-corrected chi connectivity index (χ1v) is 8.46. The van der Waals surface area contributed by atoms with Crippen LogP contribution in [0.5, 0.6) is 11.5 Å². The third kappa shape index (κ3) is 3.82. The molecule has 0 radical (unpaired) electrons. The average molecular weight is 326 g/mol. The molecule has 128 valence electrons. The van der Waals surface area contributed by atoms with Gasteiger partial charge in [-0.05, 0) is 36.5 Å². The van der Waals surface area contributed by atoms with Crippen LogP contribution in [0.2, 0.25) is 0 Å². The van der Waals surface area contributed by atoms with Crippen LogP contribution < -0.4 is 20.1 Å². The fourth-order valence-corrected chi connectivity index (χ4v) is 3.58. The van der Waals surface area contributed by atoms with Gasteiger partial charge in [0.25, 0.3) is 0 Å². The van der Waals surface area contributed by atoms with Crippen molar-refractivity contribution in [2.24, 2.45) is 11.7 Å². The lowest BCUT2D eigenvalue weighted by atomic mass is 9.88. The second kappa shape index (κ2) is 7.58. The number of rotatable bonds is 5. The van der Waals surface area contributed by atoms with Gasteiger partial charge in [-0.15, -0.1) is 0 Å². The Bertz CT molecular complexity index is 660. The molecule has 0 amide bonds.